The molecule has 0 saturated heterocycles. The van der Waals surface area contributed by atoms with Gasteiger partial charge in [-0.2, -0.15) is 0 Å². The summed E-state index contributed by atoms with van der Waals surface area (Å²) in [5, 5.41) is 0.645. The number of ketones is 1. The van der Waals surface area contributed by atoms with Crippen molar-refractivity contribution in [2.24, 2.45) is 0 Å². The average Bonchev–Trinajstić information content (AvgIpc) is 2.41. The predicted molar refractivity (Wildman–Crippen MR) is 79.8 cm³/mol. The molecule has 2 aromatic rings. The number of Topliss-reactive ketones (excluding diaryl/α,β-unsaturated/α-hetero) is 1. The second-order valence-corrected chi connectivity index (χ2v) is 5.34. The molecule has 2 rings (SSSR count). The highest BCUT2D eigenvalue weighted by Crippen LogP contribution is 2.18. The normalized spacial score (nSPS) is 10.2. The molecular weight excluding hydrogens is 328 g/mol. The van der Waals surface area contributed by atoms with Crippen LogP contribution in [0.15, 0.2) is 53.0 Å². The lowest BCUT2D eigenvalue weighted by atomic mass is 10.1. The van der Waals surface area contributed by atoms with Crippen LogP contribution in [-0.2, 0) is 11.2 Å². The zero-order valence-electron chi connectivity index (χ0n) is 10.1. The van der Waals surface area contributed by atoms with Gasteiger partial charge in [0, 0.05) is 15.9 Å². The van der Waals surface area contributed by atoms with Gasteiger partial charge in [0.05, 0.1) is 0 Å². The van der Waals surface area contributed by atoms with E-state index in [1.807, 2.05) is 24.3 Å². The van der Waals surface area contributed by atoms with Gasteiger partial charge < -0.3 is 4.74 Å². The van der Waals surface area contributed by atoms with E-state index in [0.717, 1.165) is 10.0 Å². The summed E-state index contributed by atoms with van der Waals surface area (Å²) in [5.41, 5.74) is 0.965. The third-order valence-corrected chi connectivity index (χ3v) is 3.58. The molecule has 0 aromatic heterocycles. The highest BCUT2D eigenvalue weighted by molar-refractivity contribution is 9.10. The number of carbonyl (C=O) groups excluding carboxylic acids is 1. The molecule has 4 heteroatoms. The van der Waals surface area contributed by atoms with Crippen molar-refractivity contribution in [3.8, 4) is 5.75 Å². The van der Waals surface area contributed by atoms with E-state index in [4.69, 9.17) is 16.3 Å². The Morgan fingerprint density at radius 1 is 1.11 bits per heavy atom. The molecular formula is C15H12BrClO2. The van der Waals surface area contributed by atoms with Crippen molar-refractivity contribution >= 4 is 33.3 Å². The Morgan fingerprint density at radius 3 is 2.47 bits per heavy atom. The Morgan fingerprint density at radius 2 is 1.79 bits per heavy atom. The SMILES string of the molecule is O=C(COc1ccc(Cl)cc1)Cc1ccccc1Br. The fraction of sp³-hybridized carbons (Fsp3) is 0.133. The van der Waals surface area contributed by atoms with Gasteiger partial charge in [0.25, 0.3) is 0 Å². The van der Waals surface area contributed by atoms with Gasteiger partial charge in [0.2, 0.25) is 0 Å². The van der Waals surface area contributed by atoms with E-state index in [2.05, 4.69) is 15.9 Å². The molecule has 0 N–H and O–H groups in total. The molecule has 0 aliphatic carbocycles. The van der Waals surface area contributed by atoms with Gasteiger partial charge in [0.1, 0.15) is 12.4 Å². The van der Waals surface area contributed by atoms with Crippen LogP contribution in [0.25, 0.3) is 0 Å². The van der Waals surface area contributed by atoms with Crippen molar-refractivity contribution in [3.63, 3.8) is 0 Å². The monoisotopic (exact) mass is 338 g/mol. The van der Waals surface area contributed by atoms with Crippen LogP contribution in [0.3, 0.4) is 0 Å². The summed E-state index contributed by atoms with van der Waals surface area (Å²) in [5.74, 6) is 0.673. The molecule has 0 unspecified atom stereocenters. The molecule has 2 nitrogen and oxygen atoms in total. The first-order valence-electron chi connectivity index (χ1n) is 5.78. The van der Waals surface area contributed by atoms with Crippen molar-refractivity contribution in [1.82, 2.24) is 0 Å². The second-order valence-electron chi connectivity index (χ2n) is 4.05. The van der Waals surface area contributed by atoms with Crippen LogP contribution in [0.2, 0.25) is 5.02 Å². The summed E-state index contributed by atoms with van der Waals surface area (Å²) in [4.78, 5) is 11.8. The first-order chi connectivity index (χ1) is 9.15. The van der Waals surface area contributed by atoms with E-state index in [9.17, 15) is 4.79 Å². The minimum atomic E-state index is 0.0295. The first kappa shape index (κ1) is 14.1. The van der Waals surface area contributed by atoms with E-state index in [-0.39, 0.29) is 12.4 Å². The largest absolute Gasteiger partial charge is 0.486 e. The molecule has 0 bridgehead atoms. The molecule has 0 saturated carbocycles. The highest BCUT2D eigenvalue weighted by Gasteiger charge is 2.07. The molecule has 0 aliphatic rings. The summed E-state index contributed by atoms with van der Waals surface area (Å²) in [6, 6.07) is 14.6. The standard InChI is InChI=1S/C15H12BrClO2/c16-15-4-2-1-3-11(15)9-13(18)10-19-14-7-5-12(17)6-8-14/h1-8H,9-10H2. The van der Waals surface area contributed by atoms with Gasteiger partial charge in [-0.05, 0) is 35.9 Å². The third-order valence-electron chi connectivity index (χ3n) is 2.56. The Labute approximate surface area is 125 Å². The Kier molecular flexibility index (Phi) is 5.00. The number of hydrogen-bond donors (Lipinski definition) is 0. The summed E-state index contributed by atoms with van der Waals surface area (Å²) >= 11 is 9.19. The molecule has 0 heterocycles. The van der Waals surface area contributed by atoms with Crippen LogP contribution in [0.1, 0.15) is 5.56 Å². The third kappa shape index (κ3) is 4.37. The average molecular weight is 340 g/mol. The number of hydrogen-bond acceptors (Lipinski definition) is 2. The van der Waals surface area contributed by atoms with Crippen molar-refractivity contribution < 1.29 is 9.53 Å². The number of ether oxygens (including phenoxy) is 1. The minimum absolute atomic E-state index is 0.0295. The maximum absolute atomic E-state index is 11.8. The number of rotatable bonds is 5. The van der Waals surface area contributed by atoms with Crippen LogP contribution in [0.4, 0.5) is 0 Å². The van der Waals surface area contributed by atoms with Crippen LogP contribution in [0, 0.1) is 0 Å². The van der Waals surface area contributed by atoms with Crippen LogP contribution in [0.5, 0.6) is 5.75 Å². The maximum atomic E-state index is 11.8. The van der Waals surface area contributed by atoms with Gasteiger partial charge in [-0.3, -0.25) is 4.79 Å². The van der Waals surface area contributed by atoms with E-state index in [1.165, 1.54) is 0 Å². The highest BCUT2D eigenvalue weighted by atomic mass is 79.9. The fourth-order valence-corrected chi connectivity index (χ4v) is 2.15. The van der Waals surface area contributed by atoms with E-state index in [1.54, 1.807) is 24.3 Å². The lowest BCUT2D eigenvalue weighted by Gasteiger charge is -2.06. The summed E-state index contributed by atoms with van der Waals surface area (Å²) in [6.07, 6.45) is 0.356. The molecule has 0 spiro atoms. The number of benzene rings is 2. The molecule has 0 amide bonds. The number of halogens is 2. The zero-order valence-corrected chi connectivity index (χ0v) is 12.4. The fourth-order valence-electron chi connectivity index (χ4n) is 1.60. The van der Waals surface area contributed by atoms with Gasteiger partial charge in [-0.1, -0.05) is 45.7 Å². The van der Waals surface area contributed by atoms with Crippen molar-refractivity contribution in [2.75, 3.05) is 6.61 Å². The van der Waals surface area contributed by atoms with Crippen molar-refractivity contribution in [2.45, 2.75) is 6.42 Å². The van der Waals surface area contributed by atoms with Gasteiger partial charge in [-0.15, -0.1) is 0 Å². The number of carbonyl (C=O) groups is 1. The lowest BCUT2D eigenvalue weighted by Crippen LogP contribution is -2.14. The zero-order chi connectivity index (χ0) is 13.7. The molecule has 0 radical (unpaired) electrons. The topological polar surface area (TPSA) is 26.3 Å². The molecule has 2 aromatic carbocycles. The van der Waals surface area contributed by atoms with E-state index < -0.39 is 0 Å². The van der Waals surface area contributed by atoms with Gasteiger partial charge in [0.15, 0.2) is 5.78 Å². The molecule has 98 valence electrons. The minimum Gasteiger partial charge on any atom is -0.486 e. The van der Waals surface area contributed by atoms with Gasteiger partial charge in [-0.25, -0.2) is 0 Å². The maximum Gasteiger partial charge on any atom is 0.174 e. The lowest BCUT2D eigenvalue weighted by molar-refractivity contribution is -0.120. The summed E-state index contributed by atoms with van der Waals surface area (Å²) in [7, 11) is 0. The van der Waals surface area contributed by atoms with Crippen LogP contribution < -0.4 is 4.74 Å². The second kappa shape index (κ2) is 6.73. The summed E-state index contributed by atoms with van der Waals surface area (Å²) in [6.45, 7) is 0.0585. The van der Waals surface area contributed by atoms with E-state index in [0.29, 0.717) is 17.2 Å². The Hall–Kier alpha value is -1.32. The summed E-state index contributed by atoms with van der Waals surface area (Å²) < 4.78 is 6.35. The van der Waals surface area contributed by atoms with Gasteiger partial charge >= 0.3 is 0 Å². The first-order valence-corrected chi connectivity index (χ1v) is 6.96. The Bertz CT molecular complexity index is 567. The smallest absolute Gasteiger partial charge is 0.174 e. The molecule has 0 fully saturated rings. The predicted octanol–water partition coefficient (Wildman–Crippen LogP) is 4.29. The molecule has 0 atom stereocenters. The van der Waals surface area contributed by atoms with Crippen LogP contribution in [-0.4, -0.2) is 12.4 Å². The van der Waals surface area contributed by atoms with Crippen molar-refractivity contribution in [3.05, 3.63) is 63.6 Å². The molecule has 19 heavy (non-hydrogen) atoms. The Balaban J connectivity index is 1.88. The molecule has 0 aliphatic heterocycles. The van der Waals surface area contributed by atoms with Crippen LogP contribution >= 0.6 is 27.5 Å². The quantitative estimate of drug-likeness (QED) is 0.812. The van der Waals surface area contributed by atoms with Crippen molar-refractivity contribution in [1.29, 1.82) is 0 Å². The van der Waals surface area contributed by atoms with E-state index >= 15 is 0 Å².